The van der Waals surface area contributed by atoms with Crippen LogP contribution in [0.4, 0.5) is 0 Å². The Labute approximate surface area is 104 Å². The molecule has 0 saturated heterocycles. The lowest BCUT2D eigenvalue weighted by Gasteiger charge is -2.28. The molecule has 94 valence electrons. The highest BCUT2D eigenvalue weighted by Crippen LogP contribution is 2.10. The Morgan fingerprint density at radius 2 is 1.76 bits per heavy atom. The molecule has 3 heteroatoms. The molecule has 1 aromatic rings. The van der Waals surface area contributed by atoms with E-state index in [1.807, 2.05) is 18.7 Å². The number of nitrogens with two attached hydrogens (primary N) is 1. The molecule has 17 heavy (non-hydrogen) atoms. The van der Waals surface area contributed by atoms with Gasteiger partial charge in [-0.25, -0.2) is 0 Å². The quantitative estimate of drug-likeness (QED) is 0.867. The van der Waals surface area contributed by atoms with E-state index in [0.717, 1.165) is 5.56 Å². The van der Waals surface area contributed by atoms with Gasteiger partial charge in [0, 0.05) is 12.6 Å². The van der Waals surface area contributed by atoms with E-state index in [9.17, 15) is 4.79 Å². The van der Waals surface area contributed by atoms with Crippen molar-refractivity contribution in [2.45, 2.75) is 46.3 Å². The number of carbonyl (C=O) groups is 1. The van der Waals surface area contributed by atoms with Crippen LogP contribution >= 0.6 is 0 Å². The van der Waals surface area contributed by atoms with Crippen LogP contribution in [-0.4, -0.2) is 22.9 Å². The molecule has 0 unspecified atom stereocenters. The van der Waals surface area contributed by atoms with Gasteiger partial charge in [0.15, 0.2) is 0 Å². The molecular formula is C14H22N2O. The molecular weight excluding hydrogens is 212 g/mol. The van der Waals surface area contributed by atoms with E-state index >= 15 is 0 Å². The molecule has 0 spiro atoms. The van der Waals surface area contributed by atoms with Gasteiger partial charge in [-0.05, 0) is 33.3 Å². The summed E-state index contributed by atoms with van der Waals surface area (Å²) < 4.78 is 0. The van der Waals surface area contributed by atoms with E-state index < -0.39 is 6.04 Å². The fourth-order valence-electron chi connectivity index (χ4n) is 1.67. The lowest BCUT2D eigenvalue weighted by atomic mass is 10.1. The minimum atomic E-state index is -0.442. The van der Waals surface area contributed by atoms with Crippen LogP contribution < -0.4 is 5.73 Å². The van der Waals surface area contributed by atoms with E-state index in [-0.39, 0.29) is 11.9 Å². The molecule has 1 rings (SSSR count). The molecule has 0 saturated carbocycles. The summed E-state index contributed by atoms with van der Waals surface area (Å²) in [6.45, 7) is 8.42. The van der Waals surface area contributed by atoms with Crippen LogP contribution in [0.5, 0.6) is 0 Å². The Morgan fingerprint density at radius 3 is 2.18 bits per heavy atom. The maximum absolute atomic E-state index is 12.0. The molecule has 0 fully saturated rings. The number of hydrogen-bond donors (Lipinski definition) is 1. The van der Waals surface area contributed by atoms with Crippen LogP contribution in [0.2, 0.25) is 0 Å². The fourth-order valence-corrected chi connectivity index (χ4v) is 1.67. The van der Waals surface area contributed by atoms with E-state index in [0.29, 0.717) is 6.54 Å². The number of rotatable bonds is 4. The smallest absolute Gasteiger partial charge is 0.239 e. The molecule has 0 bridgehead atoms. The van der Waals surface area contributed by atoms with Gasteiger partial charge >= 0.3 is 0 Å². The van der Waals surface area contributed by atoms with Crippen LogP contribution in [0.15, 0.2) is 24.3 Å². The molecule has 1 amide bonds. The summed E-state index contributed by atoms with van der Waals surface area (Å²) in [4.78, 5) is 13.8. The molecule has 2 N–H and O–H groups in total. The van der Waals surface area contributed by atoms with Gasteiger partial charge in [0.2, 0.25) is 5.91 Å². The van der Waals surface area contributed by atoms with Crippen molar-refractivity contribution in [2.24, 2.45) is 5.73 Å². The van der Waals surface area contributed by atoms with E-state index in [1.165, 1.54) is 5.56 Å². The minimum Gasteiger partial charge on any atom is -0.335 e. The standard InChI is InChI=1S/C14H22N2O/c1-10(2)16(14(17)12(4)15)9-13-7-5-11(3)6-8-13/h5-8,10,12H,9,15H2,1-4H3/t12-/m0/s1. The number of aryl methyl sites for hydroxylation is 1. The van der Waals surface area contributed by atoms with Crippen molar-refractivity contribution >= 4 is 5.91 Å². The predicted molar refractivity (Wildman–Crippen MR) is 70.5 cm³/mol. The van der Waals surface area contributed by atoms with Crippen LogP contribution in [0.25, 0.3) is 0 Å². The van der Waals surface area contributed by atoms with E-state index in [4.69, 9.17) is 5.73 Å². The monoisotopic (exact) mass is 234 g/mol. The summed E-state index contributed by atoms with van der Waals surface area (Å²) in [6.07, 6.45) is 0. The highest BCUT2D eigenvalue weighted by molar-refractivity contribution is 5.81. The first-order valence-electron chi connectivity index (χ1n) is 6.03. The number of hydrogen-bond acceptors (Lipinski definition) is 2. The lowest BCUT2D eigenvalue weighted by molar-refractivity contribution is -0.134. The zero-order valence-corrected chi connectivity index (χ0v) is 11.1. The van der Waals surface area contributed by atoms with Crippen molar-refractivity contribution in [1.82, 2.24) is 4.90 Å². The van der Waals surface area contributed by atoms with Gasteiger partial charge in [-0.1, -0.05) is 29.8 Å². The Bertz CT molecular complexity index is 368. The summed E-state index contributed by atoms with van der Waals surface area (Å²) in [6, 6.07) is 7.95. The molecule has 0 radical (unpaired) electrons. The van der Waals surface area contributed by atoms with Gasteiger partial charge in [0.1, 0.15) is 0 Å². The Balaban J connectivity index is 2.80. The molecule has 1 aromatic carbocycles. The van der Waals surface area contributed by atoms with Gasteiger partial charge in [0.25, 0.3) is 0 Å². The molecule has 3 nitrogen and oxygen atoms in total. The Hall–Kier alpha value is -1.35. The third-order valence-corrected chi connectivity index (χ3v) is 2.77. The van der Waals surface area contributed by atoms with Gasteiger partial charge in [-0.2, -0.15) is 0 Å². The van der Waals surface area contributed by atoms with Crippen molar-refractivity contribution in [2.75, 3.05) is 0 Å². The second-order valence-corrected chi connectivity index (χ2v) is 4.83. The van der Waals surface area contributed by atoms with Gasteiger partial charge < -0.3 is 10.6 Å². The summed E-state index contributed by atoms with van der Waals surface area (Å²) in [5.74, 6) is 0.000532. The van der Waals surface area contributed by atoms with Crippen molar-refractivity contribution in [3.05, 3.63) is 35.4 Å². The molecule has 0 aliphatic carbocycles. The molecule has 0 aliphatic heterocycles. The third-order valence-electron chi connectivity index (χ3n) is 2.77. The zero-order chi connectivity index (χ0) is 13.0. The highest BCUT2D eigenvalue weighted by Gasteiger charge is 2.20. The van der Waals surface area contributed by atoms with Gasteiger partial charge in [0.05, 0.1) is 6.04 Å². The summed E-state index contributed by atoms with van der Waals surface area (Å²) in [7, 11) is 0. The first kappa shape index (κ1) is 13.7. The van der Waals surface area contributed by atoms with Gasteiger partial charge in [-0.15, -0.1) is 0 Å². The predicted octanol–water partition coefficient (Wildman–Crippen LogP) is 2.08. The summed E-state index contributed by atoms with van der Waals surface area (Å²) in [5, 5.41) is 0. The summed E-state index contributed by atoms with van der Waals surface area (Å²) >= 11 is 0. The van der Waals surface area contributed by atoms with Gasteiger partial charge in [-0.3, -0.25) is 4.79 Å². The Kier molecular flexibility index (Phi) is 4.70. The lowest BCUT2D eigenvalue weighted by Crippen LogP contribution is -2.45. The maximum Gasteiger partial charge on any atom is 0.239 e. The number of benzene rings is 1. The second-order valence-electron chi connectivity index (χ2n) is 4.83. The van der Waals surface area contributed by atoms with Crippen molar-refractivity contribution in [1.29, 1.82) is 0 Å². The van der Waals surface area contributed by atoms with Crippen molar-refractivity contribution in [3.63, 3.8) is 0 Å². The molecule has 0 heterocycles. The largest absolute Gasteiger partial charge is 0.335 e. The van der Waals surface area contributed by atoms with Crippen molar-refractivity contribution in [3.8, 4) is 0 Å². The SMILES string of the molecule is Cc1ccc(CN(C(=O)[C@H](C)N)C(C)C)cc1. The number of carbonyl (C=O) groups excluding carboxylic acids is 1. The van der Waals surface area contributed by atoms with Crippen molar-refractivity contribution < 1.29 is 4.79 Å². The van der Waals surface area contributed by atoms with Crippen LogP contribution in [0.1, 0.15) is 31.9 Å². The highest BCUT2D eigenvalue weighted by atomic mass is 16.2. The first-order valence-corrected chi connectivity index (χ1v) is 6.03. The normalized spacial score (nSPS) is 12.6. The number of amides is 1. The van der Waals surface area contributed by atoms with E-state index in [1.54, 1.807) is 6.92 Å². The fraction of sp³-hybridized carbons (Fsp3) is 0.500. The van der Waals surface area contributed by atoms with Crippen LogP contribution in [0, 0.1) is 6.92 Å². The average molecular weight is 234 g/mol. The molecule has 0 aromatic heterocycles. The van der Waals surface area contributed by atoms with Crippen LogP contribution in [0.3, 0.4) is 0 Å². The minimum absolute atomic E-state index is 0.000532. The average Bonchev–Trinajstić information content (AvgIpc) is 2.26. The number of nitrogens with zero attached hydrogens (tertiary/aromatic N) is 1. The topological polar surface area (TPSA) is 46.3 Å². The zero-order valence-electron chi connectivity index (χ0n) is 11.1. The summed E-state index contributed by atoms with van der Waals surface area (Å²) in [5.41, 5.74) is 8.02. The first-order chi connectivity index (χ1) is 7.91. The van der Waals surface area contributed by atoms with Crippen LogP contribution in [-0.2, 0) is 11.3 Å². The molecule has 1 atom stereocenters. The second kappa shape index (κ2) is 5.82. The molecule has 0 aliphatic rings. The Morgan fingerprint density at radius 1 is 1.24 bits per heavy atom. The third kappa shape index (κ3) is 3.86. The maximum atomic E-state index is 12.0. The van der Waals surface area contributed by atoms with E-state index in [2.05, 4.69) is 31.2 Å².